The van der Waals surface area contributed by atoms with Crippen molar-refractivity contribution in [1.82, 2.24) is 5.32 Å². The fraction of sp³-hybridized carbons (Fsp3) is 0.550. The normalized spacial score (nSPS) is 18.8. The second kappa shape index (κ2) is 7.45. The Hall–Kier alpha value is -1.79. The van der Waals surface area contributed by atoms with E-state index >= 15 is 0 Å². The molecule has 6 heteroatoms. The molecule has 2 rings (SSSR count). The smallest absolute Gasteiger partial charge is 0.492 e. The molecule has 1 aliphatic rings. The molecular weight excluding hydrogens is 329 g/mol. The maximum absolute atomic E-state index is 11.5. The summed E-state index contributed by atoms with van der Waals surface area (Å²) in [5.41, 5.74) is 3.29. The van der Waals surface area contributed by atoms with Gasteiger partial charge in [0.25, 0.3) is 0 Å². The summed E-state index contributed by atoms with van der Waals surface area (Å²) in [6.07, 6.45) is 2.06. The lowest BCUT2D eigenvalue weighted by molar-refractivity contribution is -0.118. The minimum atomic E-state index is -0.507. The summed E-state index contributed by atoms with van der Waals surface area (Å²) >= 11 is 0. The van der Waals surface area contributed by atoms with Crippen molar-refractivity contribution in [2.24, 2.45) is 0 Å². The van der Waals surface area contributed by atoms with E-state index in [4.69, 9.17) is 14.0 Å². The fourth-order valence-electron chi connectivity index (χ4n) is 2.89. The molecule has 1 aromatic rings. The molecule has 1 aromatic carbocycles. The topological polar surface area (TPSA) is 56.8 Å². The standard InChI is InChI=1S/C20H30BNO4/c1-13-9-17(24-8)10-14(2)18(13)11-16(12-22-15(3)23)21-25-19(4,5)20(6,7)26-21/h9-11H,12H2,1-8H3,(H,22,23). The van der Waals surface area contributed by atoms with Crippen LogP contribution in [0, 0.1) is 13.8 Å². The largest absolute Gasteiger partial charge is 0.497 e. The van der Waals surface area contributed by atoms with Gasteiger partial charge in [0.05, 0.1) is 18.3 Å². The van der Waals surface area contributed by atoms with Gasteiger partial charge in [-0.1, -0.05) is 6.08 Å². The van der Waals surface area contributed by atoms with E-state index in [0.29, 0.717) is 6.54 Å². The fourth-order valence-corrected chi connectivity index (χ4v) is 2.89. The number of rotatable bonds is 5. The van der Waals surface area contributed by atoms with Crippen molar-refractivity contribution in [2.75, 3.05) is 13.7 Å². The van der Waals surface area contributed by atoms with Crippen LogP contribution in [0.1, 0.15) is 51.3 Å². The molecular formula is C20H30BNO4. The van der Waals surface area contributed by atoms with Crippen LogP contribution >= 0.6 is 0 Å². The van der Waals surface area contributed by atoms with Crippen molar-refractivity contribution in [3.8, 4) is 5.75 Å². The first kappa shape index (κ1) is 20.5. The molecule has 0 atom stereocenters. The lowest BCUT2D eigenvalue weighted by Crippen LogP contribution is -2.41. The molecule has 1 saturated heterocycles. The predicted molar refractivity (Wildman–Crippen MR) is 105 cm³/mol. The van der Waals surface area contributed by atoms with E-state index in [2.05, 4.69) is 11.4 Å². The van der Waals surface area contributed by atoms with Gasteiger partial charge in [-0.05, 0) is 75.8 Å². The van der Waals surface area contributed by atoms with Crippen molar-refractivity contribution >= 4 is 19.1 Å². The third-order valence-corrected chi connectivity index (χ3v) is 5.23. The number of ether oxygens (including phenoxy) is 1. The molecule has 0 radical (unpaired) electrons. The highest BCUT2D eigenvalue weighted by molar-refractivity contribution is 6.56. The van der Waals surface area contributed by atoms with E-state index in [-0.39, 0.29) is 5.91 Å². The molecule has 1 N–H and O–H groups in total. The van der Waals surface area contributed by atoms with Crippen LogP contribution in [-0.4, -0.2) is 37.9 Å². The molecule has 1 fully saturated rings. The summed E-state index contributed by atoms with van der Waals surface area (Å²) in [6, 6.07) is 4.00. The molecule has 5 nitrogen and oxygen atoms in total. The zero-order valence-electron chi connectivity index (χ0n) is 17.1. The number of hydrogen-bond donors (Lipinski definition) is 1. The first-order chi connectivity index (χ1) is 12.0. The minimum absolute atomic E-state index is 0.0874. The van der Waals surface area contributed by atoms with E-state index < -0.39 is 18.3 Å². The molecule has 0 aromatic heterocycles. The monoisotopic (exact) mass is 359 g/mol. The Bertz CT molecular complexity index is 686. The van der Waals surface area contributed by atoms with Gasteiger partial charge in [0.1, 0.15) is 5.75 Å². The number of nitrogens with one attached hydrogen (secondary N) is 1. The van der Waals surface area contributed by atoms with Crippen LogP contribution in [0.15, 0.2) is 17.6 Å². The summed E-state index contributed by atoms with van der Waals surface area (Å²) in [6.45, 7) is 14.0. The van der Waals surface area contributed by atoms with Gasteiger partial charge in [0, 0.05) is 13.5 Å². The van der Waals surface area contributed by atoms with Crippen molar-refractivity contribution in [1.29, 1.82) is 0 Å². The zero-order chi connectivity index (χ0) is 19.7. The van der Waals surface area contributed by atoms with Crippen LogP contribution in [-0.2, 0) is 14.1 Å². The SMILES string of the molecule is COc1cc(C)c(C=C(CNC(C)=O)B2OC(C)(C)C(C)(C)O2)c(C)c1. The van der Waals surface area contributed by atoms with Gasteiger partial charge >= 0.3 is 7.12 Å². The molecule has 1 heterocycles. The molecule has 0 aliphatic carbocycles. The zero-order valence-corrected chi connectivity index (χ0v) is 17.1. The van der Waals surface area contributed by atoms with Crippen molar-refractivity contribution in [3.05, 3.63) is 34.3 Å². The summed E-state index contributed by atoms with van der Waals surface area (Å²) < 4.78 is 17.7. The molecule has 1 aliphatic heterocycles. The number of carbonyl (C=O) groups excluding carboxylic acids is 1. The van der Waals surface area contributed by atoms with Gasteiger partial charge < -0.3 is 19.4 Å². The van der Waals surface area contributed by atoms with Crippen LogP contribution in [0.4, 0.5) is 0 Å². The quantitative estimate of drug-likeness (QED) is 0.818. The maximum atomic E-state index is 11.5. The molecule has 0 unspecified atom stereocenters. The Morgan fingerprint density at radius 2 is 1.65 bits per heavy atom. The van der Waals surface area contributed by atoms with E-state index in [1.807, 2.05) is 53.7 Å². The highest BCUT2D eigenvalue weighted by atomic mass is 16.7. The number of aryl methyl sites for hydroxylation is 2. The number of benzene rings is 1. The van der Waals surface area contributed by atoms with E-state index in [1.165, 1.54) is 6.92 Å². The predicted octanol–water partition coefficient (Wildman–Crippen LogP) is 3.46. The first-order valence-electron chi connectivity index (χ1n) is 8.92. The van der Waals surface area contributed by atoms with Crippen LogP contribution in [0.2, 0.25) is 0 Å². The maximum Gasteiger partial charge on any atom is 0.492 e. The van der Waals surface area contributed by atoms with Gasteiger partial charge in [-0.2, -0.15) is 0 Å². The van der Waals surface area contributed by atoms with E-state index in [1.54, 1.807) is 7.11 Å². The number of hydrogen-bond acceptors (Lipinski definition) is 4. The van der Waals surface area contributed by atoms with Gasteiger partial charge in [0.15, 0.2) is 0 Å². The number of carbonyl (C=O) groups is 1. The van der Waals surface area contributed by atoms with Crippen LogP contribution in [0.3, 0.4) is 0 Å². The number of amides is 1. The minimum Gasteiger partial charge on any atom is -0.497 e. The van der Waals surface area contributed by atoms with Gasteiger partial charge in [0.2, 0.25) is 5.91 Å². The third-order valence-electron chi connectivity index (χ3n) is 5.23. The van der Waals surface area contributed by atoms with Gasteiger partial charge in [-0.25, -0.2) is 0 Å². The molecule has 1 amide bonds. The third kappa shape index (κ3) is 4.30. The lowest BCUT2D eigenvalue weighted by atomic mass is 9.76. The Balaban J connectivity index is 2.43. The van der Waals surface area contributed by atoms with E-state index in [9.17, 15) is 4.79 Å². The summed E-state index contributed by atoms with van der Waals surface area (Å²) in [5, 5.41) is 2.87. The van der Waals surface area contributed by atoms with E-state index in [0.717, 1.165) is 27.9 Å². The van der Waals surface area contributed by atoms with Gasteiger partial charge in [-0.15, -0.1) is 0 Å². The second-order valence-corrected chi connectivity index (χ2v) is 7.89. The summed E-state index contributed by atoms with van der Waals surface area (Å²) in [7, 11) is 1.16. The van der Waals surface area contributed by atoms with Crippen molar-refractivity contribution in [3.63, 3.8) is 0 Å². The average Bonchev–Trinajstić information content (AvgIpc) is 2.73. The molecule has 0 saturated carbocycles. The lowest BCUT2D eigenvalue weighted by Gasteiger charge is -2.32. The molecule has 0 bridgehead atoms. The number of methoxy groups -OCH3 is 1. The molecule has 0 spiro atoms. The Morgan fingerprint density at radius 1 is 1.15 bits per heavy atom. The van der Waals surface area contributed by atoms with Crippen LogP contribution in [0.5, 0.6) is 5.75 Å². The highest BCUT2D eigenvalue weighted by Gasteiger charge is 2.52. The second-order valence-electron chi connectivity index (χ2n) is 7.89. The Kier molecular flexibility index (Phi) is 5.88. The van der Waals surface area contributed by atoms with Gasteiger partial charge in [-0.3, -0.25) is 4.79 Å². The molecule has 26 heavy (non-hydrogen) atoms. The summed E-state index contributed by atoms with van der Waals surface area (Å²) in [5.74, 6) is 0.742. The Morgan fingerprint density at radius 3 is 2.08 bits per heavy atom. The van der Waals surface area contributed by atoms with Crippen molar-refractivity contribution in [2.45, 2.75) is 59.7 Å². The average molecular weight is 359 g/mol. The summed E-state index contributed by atoms with van der Waals surface area (Å²) in [4.78, 5) is 11.5. The van der Waals surface area contributed by atoms with Crippen LogP contribution < -0.4 is 10.1 Å². The van der Waals surface area contributed by atoms with Crippen molar-refractivity contribution < 1.29 is 18.8 Å². The first-order valence-corrected chi connectivity index (χ1v) is 8.92. The Labute approximate surface area is 157 Å². The highest BCUT2D eigenvalue weighted by Crippen LogP contribution is 2.39. The molecule has 142 valence electrons. The van der Waals surface area contributed by atoms with Crippen LogP contribution in [0.25, 0.3) is 6.08 Å².